The van der Waals surface area contributed by atoms with Crippen molar-refractivity contribution in [2.45, 2.75) is 12.8 Å². The maximum atomic E-state index is 12.4. The van der Waals surface area contributed by atoms with Crippen LogP contribution in [0.3, 0.4) is 0 Å². The van der Waals surface area contributed by atoms with E-state index in [4.69, 9.17) is 0 Å². The minimum absolute atomic E-state index is 0.237. The molecule has 2 aromatic carbocycles. The van der Waals surface area contributed by atoms with Crippen molar-refractivity contribution in [1.82, 2.24) is 0 Å². The van der Waals surface area contributed by atoms with Gasteiger partial charge in [-0.05, 0) is 12.8 Å². The number of hydrogen-bond donors (Lipinski definition) is 2. The van der Waals surface area contributed by atoms with E-state index in [1.807, 2.05) is 0 Å². The van der Waals surface area contributed by atoms with Crippen molar-refractivity contribution in [1.29, 1.82) is 0 Å². The first-order valence-electron chi connectivity index (χ1n) is 8.06. The predicted molar refractivity (Wildman–Crippen MR) is 93.0 cm³/mol. The van der Waals surface area contributed by atoms with E-state index < -0.39 is 35.3 Å². The van der Waals surface area contributed by atoms with Crippen LogP contribution in [0.2, 0.25) is 0 Å². The highest BCUT2D eigenvalue weighted by molar-refractivity contribution is 6.09. The summed E-state index contributed by atoms with van der Waals surface area (Å²) in [5.41, 5.74) is 0.474. The van der Waals surface area contributed by atoms with Crippen LogP contribution in [-0.2, 0) is 9.59 Å². The zero-order valence-electron chi connectivity index (χ0n) is 13.9. The molecule has 0 heterocycles. The number of carbonyl (C=O) groups excluding carboxylic acids is 2. The number of ketones is 2. The largest absolute Gasteiger partial charge is 0.481 e. The minimum Gasteiger partial charge on any atom is -0.481 e. The van der Waals surface area contributed by atoms with Gasteiger partial charge in [-0.25, -0.2) is 0 Å². The van der Waals surface area contributed by atoms with Crippen LogP contribution in [0, 0.1) is 11.8 Å². The highest BCUT2D eigenvalue weighted by atomic mass is 16.4. The van der Waals surface area contributed by atoms with E-state index in [-0.39, 0.29) is 24.0 Å². The number of aliphatic carboxylic acids is 2. The van der Waals surface area contributed by atoms with Gasteiger partial charge < -0.3 is 10.2 Å². The van der Waals surface area contributed by atoms with E-state index in [2.05, 4.69) is 0 Å². The maximum absolute atomic E-state index is 12.4. The molecule has 6 heteroatoms. The fourth-order valence-electron chi connectivity index (χ4n) is 2.67. The Morgan fingerprint density at radius 3 is 1.19 bits per heavy atom. The molecule has 2 aromatic rings. The molecular formula is C20H18O6. The molecule has 0 radical (unpaired) electrons. The van der Waals surface area contributed by atoms with Crippen LogP contribution in [0.25, 0.3) is 0 Å². The van der Waals surface area contributed by atoms with E-state index in [1.165, 1.54) is 24.3 Å². The van der Waals surface area contributed by atoms with Crippen molar-refractivity contribution in [3.63, 3.8) is 0 Å². The first-order valence-corrected chi connectivity index (χ1v) is 8.06. The Labute approximate surface area is 150 Å². The molecule has 134 valence electrons. The molecule has 2 atom stereocenters. The Kier molecular flexibility index (Phi) is 6.38. The summed E-state index contributed by atoms with van der Waals surface area (Å²) in [6.07, 6.45) is -0.475. The van der Waals surface area contributed by atoms with Gasteiger partial charge >= 0.3 is 11.9 Å². The molecular weight excluding hydrogens is 336 g/mol. The van der Waals surface area contributed by atoms with Gasteiger partial charge in [-0.15, -0.1) is 0 Å². The zero-order valence-corrected chi connectivity index (χ0v) is 13.9. The number of carbonyl (C=O) groups is 4. The van der Waals surface area contributed by atoms with Crippen molar-refractivity contribution in [2.75, 3.05) is 0 Å². The van der Waals surface area contributed by atoms with Crippen LogP contribution < -0.4 is 0 Å². The SMILES string of the molecule is O=C(O)C(CCC(C(=O)O)C(=O)c1ccccc1)C(=O)c1ccccc1. The molecule has 6 nitrogen and oxygen atoms in total. The lowest BCUT2D eigenvalue weighted by atomic mass is 9.87. The number of benzene rings is 2. The standard InChI is InChI=1S/C20H18O6/c21-17(13-7-3-1-4-8-13)15(19(23)24)11-12-16(20(25)26)18(22)14-9-5-2-6-10-14/h1-10,15-16H,11-12H2,(H,23,24)(H,25,26). The van der Waals surface area contributed by atoms with Gasteiger partial charge in [0.05, 0.1) is 0 Å². The summed E-state index contributed by atoms with van der Waals surface area (Å²) in [6, 6.07) is 15.9. The van der Waals surface area contributed by atoms with E-state index in [9.17, 15) is 29.4 Å². The molecule has 2 N–H and O–H groups in total. The predicted octanol–water partition coefficient (Wildman–Crippen LogP) is 2.93. The fraction of sp³-hybridized carbons (Fsp3) is 0.200. The first kappa shape index (κ1) is 19.1. The molecule has 26 heavy (non-hydrogen) atoms. The highest BCUT2D eigenvalue weighted by Gasteiger charge is 2.32. The van der Waals surface area contributed by atoms with Gasteiger partial charge in [0, 0.05) is 11.1 Å². The number of carboxylic acid groups (broad SMARTS) is 2. The number of rotatable bonds is 9. The van der Waals surface area contributed by atoms with Gasteiger partial charge in [0.15, 0.2) is 11.6 Å². The Morgan fingerprint density at radius 2 is 0.923 bits per heavy atom. The molecule has 0 aliphatic carbocycles. The molecule has 2 rings (SSSR count). The summed E-state index contributed by atoms with van der Waals surface area (Å²) < 4.78 is 0. The van der Waals surface area contributed by atoms with Crippen LogP contribution in [-0.4, -0.2) is 33.7 Å². The van der Waals surface area contributed by atoms with E-state index in [0.29, 0.717) is 0 Å². The third-order valence-electron chi connectivity index (χ3n) is 4.09. The van der Waals surface area contributed by atoms with Gasteiger partial charge in [-0.2, -0.15) is 0 Å². The molecule has 0 bridgehead atoms. The Morgan fingerprint density at radius 1 is 0.615 bits per heavy atom. The second-order valence-corrected chi connectivity index (χ2v) is 5.82. The Hall–Kier alpha value is -3.28. The number of hydrogen-bond acceptors (Lipinski definition) is 4. The lowest BCUT2D eigenvalue weighted by Crippen LogP contribution is -2.29. The van der Waals surface area contributed by atoms with Gasteiger partial charge in [0.25, 0.3) is 0 Å². The summed E-state index contributed by atoms with van der Waals surface area (Å²) in [4.78, 5) is 47.8. The van der Waals surface area contributed by atoms with Crippen LogP contribution >= 0.6 is 0 Å². The van der Waals surface area contributed by atoms with Crippen molar-refractivity contribution < 1.29 is 29.4 Å². The zero-order chi connectivity index (χ0) is 19.1. The summed E-state index contributed by atoms with van der Waals surface area (Å²) in [6.45, 7) is 0. The normalized spacial score (nSPS) is 12.8. The molecule has 0 aliphatic heterocycles. The topological polar surface area (TPSA) is 109 Å². The van der Waals surface area contributed by atoms with Gasteiger partial charge in [0.2, 0.25) is 0 Å². The number of Topliss-reactive ketones (excluding diaryl/α,β-unsaturated/α-hetero) is 2. The summed E-state index contributed by atoms with van der Waals surface area (Å²) >= 11 is 0. The van der Waals surface area contributed by atoms with Crippen molar-refractivity contribution in [3.8, 4) is 0 Å². The fourth-order valence-corrected chi connectivity index (χ4v) is 2.67. The van der Waals surface area contributed by atoms with Crippen LogP contribution in [0.4, 0.5) is 0 Å². The highest BCUT2D eigenvalue weighted by Crippen LogP contribution is 2.21. The van der Waals surface area contributed by atoms with Gasteiger partial charge in [-0.1, -0.05) is 60.7 Å². The Balaban J connectivity index is 2.15. The molecule has 0 aliphatic rings. The average molecular weight is 354 g/mol. The van der Waals surface area contributed by atoms with Crippen molar-refractivity contribution in [3.05, 3.63) is 71.8 Å². The molecule has 0 spiro atoms. The minimum atomic E-state index is -1.40. The third kappa shape index (κ3) is 4.63. The molecule has 2 unspecified atom stereocenters. The molecule has 0 fully saturated rings. The first-order chi connectivity index (χ1) is 12.4. The van der Waals surface area contributed by atoms with Crippen molar-refractivity contribution in [2.24, 2.45) is 11.8 Å². The second kappa shape index (κ2) is 8.71. The van der Waals surface area contributed by atoms with Gasteiger partial charge in [0.1, 0.15) is 11.8 Å². The van der Waals surface area contributed by atoms with Crippen LogP contribution in [0.5, 0.6) is 0 Å². The second-order valence-electron chi connectivity index (χ2n) is 5.82. The van der Waals surface area contributed by atoms with E-state index in [0.717, 1.165) is 0 Å². The number of carboxylic acids is 2. The van der Waals surface area contributed by atoms with Gasteiger partial charge in [-0.3, -0.25) is 19.2 Å². The molecule has 0 aromatic heterocycles. The molecule has 0 saturated carbocycles. The Bertz CT molecular complexity index is 728. The molecule has 0 amide bonds. The summed E-state index contributed by atoms with van der Waals surface area (Å²) in [5, 5.41) is 18.7. The maximum Gasteiger partial charge on any atom is 0.314 e. The molecule has 0 saturated heterocycles. The van der Waals surface area contributed by atoms with Crippen molar-refractivity contribution >= 4 is 23.5 Å². The smallest absolute Gasteiger partial charge is 0.314 e. The van der Waals surface area contributed by atoms with E-state index in [1.54, 1.807) is 36.4 Å². The monoisotopic (exact) mass is 354 g/mol. The lowest BCUT2D eigenvalue weighted by Gasteiger charge is -2.15. The van der Waals surface area contributed by atoms with E-state index >= 15 is 0 Å². The van der Waals surface area contributed by atoms with Crippen LogP contribution in [0.1, 0.15) is 33.6 Å². The summed E-state index contributed by atoms with van der Waals surface area (Å²) in [5.74, 6) is -6.68. The average Bonchev–Trinajstić information content (AvgIpc) is 2.65. The lowest BCUT2D eigenvalue weighted by molar-refractivity contribution is -0.143. The van der Waals surface area contributed by atoms with Crippen LogP contribution in [0.15, 0.2) is 60.7 Å². The quantitative estimate of drug-likeness (QED) is 0.529. The summed E-state index contributed by atoms with van der Waals surface area (Å²) in [7, 11) is 0. The third-order valence-corrected chi connectivity index (χ3v) is 4.09.